The number of hydrogen-bond donors (Lipinski definition) is 0. The second-order valence-electron chi connectivity index (χ2n) is 4.35. The summed E-state index contributed by atoms with van der Waals surface area (Å²) in [5.74, 6) is -0.363. The van der Waals surface area contributed by atoms with Gasteiger partial charge in [0.1, 0.15) is 6.61 Å². The van der Waals surface area contributed by atoms with E-state index in [1.807, 2.05) is 0 Å². The molecule has 16 heavy (non-hydrogen) atoms. The lowest BCUT2D eigenvalue weighted by atomic mass is 10.4. The summed E-state index contributed by atoms with van der Waals surface area (Å²) in [5.41, 5.74) is 0.412. The standard InChI is InChI=1S/C11H21ClO3Si/c1-10(2)11(13)15-8-7-14-6-5-9-16(3,4)12/h1,5-9H2,2-4H3. The Bertz CT molecular complexity index is 236. The first-order chi connectivity index (χ1) is 7.33. The second kappa shape index (κ2) is 7.87. The molecule has 0 atom stereocenters. The van der Waals surface area contributed by atoms with Crippen LogP contribution in [0.15, 0.2) is 12.2 Å². The molecule has 0 amide bonds. The van der Waals surface area contributed by atoms with E-state index in [4.69, 9.17) is 20.6 Å². The maximum absolute atomic E-state index is 11.0. The van der Waals surface area contributed by atoms with Crippen molar-refractivity contribution < 1.29 is 14.3 Å². The highest BCUT2D eigenvalue weighted by atomic mass is 35.6. The molecule has 3 nitrogen and oxygen atoms in total. The summed E-state index contributed by atoms with van der Waals surface area (Å²) in [7, 11) is -1.46. The molecule has 94 valence electrons. The van der Waals surface area contributed by atoms with E-state index in [0.717, 1.165) is 12.5 Å². The van der Waals surface area contributed by atoms with E-state index in [1.54, 1.807) is 6.92 Å². The number of carbonyl (C=O) groups is 1. The number of halogens is 1. The zero-order valence-electron chi connectivity index (χ0n) is 10.3. The van der Waals surface area contributed by atoms with E-state index in [0.29, 0.717) is 18.8 Å². The van der Waals surface area contributed by atoms with Gasteiger partial charge in [0.2, 0.25) is 0 Å². The molecule has 0 saturated carbocycles. The first-order valence-corrected chi connectivity index (χ1v) is 9.64. The third kappa shape index (κ3) is 10.2. The minimum absolute atomic E-state index is 0.285. The Morgan fingerprint density at radius 3 is 2.44 bits per heavy atom. The van der Waals surface area contributed by atoms with Crippen LogP contribution in [0, 0.1) is 0 Å². The number of esters is 1. The molecule has 0 aromatic heterocycles. The third-order valence-corrected chi connectivity index (χ3v) is 3.98. The molecular formula is C11H21ClO3Si. The van der Waals surface area contributed by atoms with Gasteiger partial charge in [0.15, 0.2) is 7.38 Å². The first-order valence-electron chi connectivity index (χ1n) is 5.42. The maximum atomic E-state index is 11.0. The summed E-state index contributed by atoms with van der Waals surface area (Å²) in [4.78, 5) is 11.0. The van der Waals surface area contributed by atoms with Crippen molar-refractivity contribution in [2.24, 2.45) is 0 Å². The lowest BCUT2D eigenvalue weighted by molar-refractivity contribution is -0.140. The summed E-state index contributed by atoms with van der Waals surface area (Å²) in [6.07, 6.45) is 0.969. The average Bonchev–Trinajstić information content (AvgIpc) is 2.14. The lowest BCUT2D eigenvalue weighted by Crippen LogP contribution is -2.17. The molecule has 0 heterocycles. The Morgan fingerprint density at radius 2 is 1.94 bits per heavy atom. The summed E-state index contributed by atoms with van der Waals surface area (Å²) in [6.45, 7) is 10.7. The SMILES string of the molecule is C=C(C)C(=O)OCCOCCC[Si](C)(C)Cl. The van der Waals surface area contributed by atoms with Gasteiger partial charge in [0, 0.05) is 12.2 Å². The highest BCUT2D eigenvalue weighted by Gasteiger charge is 2.15. The smallest absolute Gasteiger partial charge is 0.333 e. The number of hydrogen-bond acceptors (Lipinski definition) is 3. The fourth-order valence-electron chi connectivity index (χ4n) is 1.01. The van der Waals surface area contributed by atoms with Crippen molar-refractivity contribution in [3.05, 3.63) is 12.2 Å². The Balaban J connectivity index is 3.29. The third-order valence-electron chi connectivity index (χ3n) is 1.87. The van der Waals surface area contributed by atoms with Crippen molar-refractivity contribution >= 4 is 24.4 Å². The van der Waals surface area contributed by atoms with Gasteiger partial charge in [-0.15, -0.1) is 0 Å². The highest BCUT2D eigenvalue weighted by molar-refractivity contribution is 7.19. The zero-order valence-corrected chi connectivity index (χ0v) is 12.1. The van der Waals surface area contributed by atoms with Gasteiger partial charge in [-0.05, 0) is 19.4 Å². The molecule has 0 fully saturated rings. The van der Waals surface area contributed by atoms with Gasteiger partial charge in [0.05, 0.1) is 6.61 Å². The molecule has 0 saturated heterocycles. The van der Waals surface area contributed by atoms with Gasteiger partial charge in [0.25, 0.3) is 0 Å². The molecule has 0 N–H and O–H groups in total. The average molecular weight is 265 g/mol. The maximum Gasteiger partial charge on any atom is 0.333 e. The van der Waals surface area contributed by atoms with Crippen LogP contribution in [0.5, 0.6) is 0 Å². The van der Waals surface area contributed by atoms with Crippen LogP contribution < -0.4 is 0 Å². The molecule has 5 heteroatoms. The molecule has 0 aliphatic rings. The van der Waals surface area contributed by atoms with E-state index in [-0.39, 0.29) is 12.6 Å². The molecule has 0 radical (unpaired) electrons. The Labute approximate surface area is 103 Å². The van der Waals surface area contributed by atoms with Gasteiger partial charge < -0.3 is 9.47 Å². The molecule has 0 aromatic rings. The predicted octanol–water partition coefficient (Wildman–Crippen LogP) is 2.96. The Morgan fingerprint density at radius 1 is 1.31 bits per heavy atom. The summed E-state index contributed by atoms with van der Waals surface area (Å²) in [5, 5.41) is 0. The number of rotatable bonds is 8. The topological polar surface area (TPSA) is 35.5 Å². The normalized spacial score (nSPS) is 11.2. The van der Waals surface area contributed by atoms with E-state index >= 15 is 0 Å². The van der Waals surface area contributed by atoms with Crippen LogP contribution >= 0.6 is 11.1 Å². The molecule has 0 aliphatic heterocycles. The van der Waals surface area contributed by atoms with Crippen LogP contribution in [0.2, 0.25) is 19.1 Å². The Kier molecular flexibility index (Phi) is 7.71. The van der Waals surface area contributed by atoms with Gasteiger partial charge in [-0.1, -0.05) is 19.7 Å². The van der Waals surface area contributed by atoms with Crippen molar-refractivity contribution in [3.63, 3.8) is 0 Å². The quantitative estimate of drug-likeness (QED) is 0.222. The minimum Gasteiger partial charge on any atom is -0.460 e. The largest absolute Gasteiger partial charge is 0.460 e. The molecule has 0 aromatic carbocycles. The number of ether oxygens (including phenoxy) is 2. The summed E-state index contributed by atoms with van der Waals surface area (Å²) < 4.78 is 10.2. The van der Waals surface area contributed by atoms with Gasteiger partial charge >= 0.3 is 5.97 Å². The molecule has 0 rings (SSSR count). The predicted molar refractivity (Wildman–Crippen MR) is 69.4 cm³/mol. The first kappa shape index (κ1) is 15.7. The van der Waals surface area contributed by atoms with Crippen molar-refractivity contribution in [1.29, 1.82) is 0 Å². The molecule has 0 bridgehead atoms. The summed E-state index contributed by atoms with van der Waals surface area (Å²) in [6, 6.07) is 1.04. The van der Waals surface area contributed by atoms with Crippen molar-refractivity contribution in [2.45, 2.75) is 32.5 Å². The van der Waals surface area contributed by atoms with Gasteiger partial charge in [-0.3, -0.25) is 0 Å². The van der Waals surface area contributed by atoms with Crippen LogP contribution in [0.4, 0.5) is 0 Å². The van der Waals surface area contributed by atoms with E-state index in [1.165, 1.54) is 0 Å². The fraction of sp³-hybridized carbons (Fsp3) is 0.727. The van der Waals surface area contributed by atoms with Crippen LogP contribution in [0.3, 0.4) is 0 Å². The van der Waals surface area contributed by atoms with Gasteiger partial charge in [-0.2, -0.15) is 11.1 Å². The zero-order chi connectivity index (χ0) is 12.6. The summed E-state index contributed by atoms with van der Waals surface area (Å²) >= 11 is 6.15. The lowest BCUT2D eigenvalue weighted by Gasteiger charge is -2.12. The van der Waals surface area contributed by atoms with Crippen molar-refractivity contribution in [1.82, 2.24) is 0 Å². The van der Waals surface area contributed by atoms with Crippen LogP contribution in [-0.4, -0.2) is 33.2 Å². The molecular weight excluding hydrogens is 244 g/mol. The minimum atomic E-state index is -1.46. The van der Waals surface area contributed by atoms with E-state index in [9.17, 15) is 4.79 Å². The van der Waals surface area contributed by atoms with Crippen LogP contribution in [-0.2, 0) is 14.3 Å². The van der Waals surface area contributed by atoms with Crippen molar-refractivity contribution in [2.75, 3.05) is 19.8 Å². The van der Waals surface area contributed by atoms with E-state index < -0.39 is 7.38 Å². The van der Waals surface area contributed by atoms with Crippen LogP contribution in [0.25, 0.3) is 0 Å². The molecule has 0 spiro atoms. The Hall–Kier alpha value is -0.323. The highest BCUT2D eigenvalue weighted by Crippen LogP contribution is 2.15. The van der Waals surface area contributed by atoms with E-state index in [2.05, 4.69) is 19.7 Å². The molecule has 0 unspecified atom stereocenters. The molecule has 0 aliphatic carbocycles. The van der Waals surface area contributed by atoms with Crippen LogP contribution in [0.1, 0.15) is 13.3 Å². The monoisotopic (exact) mass is 264 g/mol. The van der Waals surface area contributed by atoms with Crippen molar-refractivity contribution in [3.8, 4) is 0 Å². The van der Waals surface area contributed by atoms with Gasteiger partial charge in [-0.25, -0.2) is 4.79 Å². The second-order valence-corrected chi connectivity index (χ2v) is 11.4. The number of carbonyl (C=O) groups excluding carboxylic acids is 1. The fourth-order valence-corrected chi connectivity index (χ4v) is 2.40.